The molecule has 0 aliphatic carbocycles. The van der Waals surface area contributed by atoms with Crippen LogP contribution in [0.5, 0.6) is 0 Å². The van der Waals surface area contributed by atoms with Crippen molar-refractivity contribution in [2.75, 3.05) is 0 Å². The van der Waals surface area contributed by atoms with Gasteiger partial charge < -0.3 is 5.73 Å². The molecule has 0 rings (SSSR count). The smallest absolute Gasteiger partial charge is 0.0777 e. The fourth-order valence-corrected chi connectivity index (χ4v) is 0.262. The van der Waals surface area contributed by atoms with E-state index in [1.807, 2.05) is 13.0 Å². The number of hydrogen-bond donors (Lipinski definition) is 2. The van der Waals surface area contributed by atoms with Gasteiger partial charge in [-0.2, -0.15) is 19.2 Å². The van der Waals surface area contributed by atoms with Crippen LogP contribution < -0.4 is 19.7 Å². The molecular formula is C5H11ClN2O4. The summed E-state index contributed by atoms with van der Waals surface area (Å²) >= 11 is 0. The van der Waals surface area contributed by atoms with E-state index in [2.05, 4.69) is 0 Å². The Morgan fingerprint density at radius 3 is 2.00 bits per heavy atom. The maximum Gasteiger partial charge on any atom is 0.0777 e. The molecule has 1 unspecified atom stereocenters. The van der Waals surface area contributed by atoms with Gasteiger partial charge in [0.15, 0.2) is 0 Å². The van der Waals surface area contributed by atoms with Gasteiger partial charge in [0.05, 0.1) is 27.4 Å². The van der Waals surface area contributed by atoms with Gasteiger partial charge >= 0.3 is 0 Å². The zero-order valence-electron chi connectivity index (χ0n) is 6.57. The maximum atomic E-state index is 8.60. The van der Waals surface area contributed by atoms with Crippen LogP contribution in [0.1, 0.15) is 19.8 Å². The SMILES string of the molecule is CCC(N)CC#N.[O-][Cl+3]([O-])([O-])O. The van der Waals surface area contributed by atoms with E-state index in [0.29, 0.717) is 6.42 Å². The molecule has 0 aromatic carbocycles. The number of nitrogens with two attached hydrogens (primary N) is 1. The third kappa shape index (κ3) is 33.6. The van der Waals surface area contributed by atoms with Crippen molar-refractivity contribution in [3.05, 3.63) is 0 Å². The minimum absolute atomic E-state index is 0.0880. The average Bonchev–Trinajstić information content (AvgIpc) is 1.85. The molecule has 0 saturated carbocycles. The van der Waals surface area contributed by atoms with Crippen LogP contribution in [0.15, 0.2) is 0 Å². The molecule has 0 amide bonds. The third-order valence-corrected chi connectivity index (χ3v) is 0.878. The van der Waals surface area contributed by atoms with Gasteiger partial charge in [0, 0.05) is 6.04 Å². The van der Waals surface area contributed by atoms with Crippen LogP contribution in [0.4, 0.5) is 0 Å². The molecule has 7 heteroatoms. The predicted octanol–water partition coefficient (Wildman–Crippen LogP) is -3.49. The number of nitriles is 1. The molecule has 72 valence electrons. The maximum absolute atomic E-state index is 8.60. The summed E-state index contributed by atoms with van der Waals surface area (Å²) in [6.07, 6.45) is 1.38. The topological polar surface area (TPSA) is 139 Å². The van der Waals surface area contributed by atoms with Crippen molar-refractivity contribution in [3.8, 4) is 6.07 Å². The van der Waals surface area contributed by atoms with Crippen molar-refractivity contribution in [2.45, 2.75) is 25.8 Å². The van der Waals surface area contributed by atoms with E-state index in [0.717, 1.165) is 6.42 Å². The van der Waals surface area contributed by atoms with Gasteiger partial charge in [-0.25, -0.2) is 0 Å². The summed E-state index contributed by atoms with van der Waals surface area (Å²) in [6.45, 7) is 1.97. The van der Waals surface area contributed by atoms with E-state index >= 15 is 0 Å². The number of hydrogen-bond acceptors (Lipinski definition) is 6. The Morgan fingerprint density at radius 1 is 1.58 bits per heavy atom. The summed E-state index contributed by atoms with van der Waals surface area (Å²) in [4.78, 5) is 0. The second kappa shape index (κ2) is 7.24. The van der Waals surface area contributed by atoms with Crippen molar-refractivity contribution < 1.29 is 28.9 Å². The summed E-state index contributed by atoms with van der Waals surface area (Å²) in [5.74, 6) is 0. The molecule has 1 atom stereocenters. The Morgan fingerprint density at radius 2 is 1.92 bits per heavy atom. The van der Waals surface area contributed by atoms with Gasteiger partial charge in [-0.05, 0) is 6.42 Å². The van der Waals surface area contributed by atoms with Crippen LogP contribution in [-0.4, -0.2) is 10.7 Å². The molecule has 3 N–H and O–H groups in total. The Bertz CT molecular complexity index is 135. The molecular weight excluding hydrogens is 188 g/mol. The second-order valence-electron chi connectivity index (χ2n) is 1.93. The average molecular weight is 199 g/mol. The first-order chi connectivity index (χ1) is 5.31. The van der Waals surface area contributed by atoms with Crippen molar-refractivity contribution in [1.29, 1.82) is 5.26 Å². The van der Waals surface area contributed by atoms with E-state index in [4.69, 9.17) is 29.6 Å². The van der Waals surface area contributed by atoms with Crippen molar-refractivity contribution in [3.63, 3.8) is 0 Å². The predicted molar refractivity (Wildman–Crippen MR) is 30.7 cm³/mol. The molecule has 0 aliphatic rings. The normalized spacial score (nSPS) is 12.4. The Hall–Kier alpha value is -0.420. The largest absolute Gasteiger partial charge is 0.327 e. The number of nitrogens with zero attached hydrogens (tertiary/aromatic N) is 1. The van der Waals surface area contributed by atoms with Crippen LogP contribution >= 0.6 is 0 Å². The highest BCUT2D eigenvalue weighted by atomic mass is 35.7. The van der Waals surface area contributed by atoms with Crippen molar-refractivity contribution >= 4 is 0 Å². The summed E-state index contributed by atoms with van der Waals surface area (Å²) in [7, 11) is -4.69. The van der Waals surface area contributed by atoms with Crippen molar-refractivity contribution in [1.82, 2.24) is 0 Å². The van der Waals surface area contributed by atoms with Crippen LogP contribution in [0, 0.1) is 21.6 Å². The van der Waals surface area contributed by atoms with E-state index < -0.39 is 10.2 Å². The molecule has 0 heterocycles. The van der Waals surface area contributed by atoms with Gasteiger partial charge in [-0.15, -0.1) is 0 Å². The standard InChI is InChI=1S/C5H10N2.ClHO4/c1-2-5(7)3-4-6;2-1(3,4)5/h5H,2-3,7H2,1H3;(H,2,3,4,5). The van der Waals surface area contributed by atoms with Crippen LogP contribution in [-0.2, 0) is 0 Å². The van der Waals surface area contributed by atoms with Crippen LogP contribution in [0.2, 0.25) is 0 Å². The first-order valence-electron chi connectivity index (χ1n) is 3.07. The van der Waals surface area contributed by atoms with Gasteiger partial charge in [0.25, 0.3) is 0 Å². The third-order valence-electron chi connectivity index (χ3n) is 0.878. The summed E-state index contributed by atoms with van der Waals surface area (Å²) in [6, 6.07) is 2.08. The van der Waals surface area contributed by atoms with E-state index in [9.17, 15) is 0 Å². The highest BCUT2D eigenvalue weighted by Crippen LogP contribution is 1.88. The van der Waals surface area contributed by atoms with Crippen LogP contribution in [0.25, 0.3) is 0 Å². The first-order valence-corrected chi connectivity index (χ1v) is 4.33. The van der Waals surface area contributed by atoms with Gasteiger partial charge in [-0.1, -0.05) is 6.92 Å². The highest BCUT2D eigenvalue weighted by Gasteiger charge is 1.98. The van der Waals surface area contributed by atoms with Gasteiger partial charge in [0.2, 0.25) is 0 Å². The lowest BCUT2D eigenvalue weighted by Gasteiger charge is -2.03. The zero-order chi connectivity index (χ0) is 10.2. The lowest BCUT2D eigenvalue weighted by molar-refractivity contribution is -1.92. The molecule has 0 aromatic heterocycles. The summed E-state index contributed by atoms with van der Waals surface area (Å²) in [5, 5.41) is 8.04. The summed E-state index contributed by atoms with van der Waals surface area (Å²) < 4.78 is 32.7. The molecule has 0 aromatic rings. The van der Waals surface area contributed by atoms with E-state index in [-0.39, 0.29) is 6.04 Å². The Balaban J connectivity index is 0. The van der Waals surface area contributed by atoms with E-state index in [1.54, 1.807) is 0 Å². The van der Waals surface area contributed by atoms with Gasteiger partial charge in [0.1, 0.15) is 0 Å². The number of rotatable bonds is 2. The number of halogens is 1. The van der Waals surface area contributed by atoms with E-state index in [1.165, 1.54) is 0 Å². The quantitative estimate of drug-likeness (QED) is 0.472. The van der Waals surface area contributed by atoms with Crippen LogP contribution in [0.3, 0.4) is 0 Å². The molecule has 12 heavy (non-hydrogen) atoms. The molecule has 0 radical (unpaired) electrons. The minimum Gasteiger partial charge on any atom is -0.327 e. The summed E-state index contributed by atoms with van der Waals surface area (Å²) in [5.41, 5.74) is 5.36. The van der Waals surface area contributed by atoms with Gasteiger partial charge in [-0.3, -0.25) is 0 Å². The molecule has 6 nitrogen and oxygen atoms in total. The second-order valence-corrected chi connectivity index (χ2v) is 2.72. The minimum atomic E-state index is -4.69. The molecule has 0 fully saturated rings. The molecule has 0 saturated heterocycles. The molecule has 0 bridgehead atoms. The Kier molecular flexibility index (Phi) is 8.52. The molecule has 0 aliphatic heterocycles. The Labute approximate surface area is 72.6 Å². The van der Waals surface area contributed by atoms with Crippen molar-refractivity contribution in [2.24, 2.45) is 5.73 Å². The zero-order valence-corrected chi connectivity index (χ0v) is 7.32. The monoisotopic (exact) mass is 198 g/mol. The highest BCUT2D eigenvalue weighted by molar-refractivity contribution is 4.76. The lowest BCUT2D eigenvalue weighted by Crippen LogP contribution is -2.58. The lowest BCUT2D eigenvalue weighted by atomic mass is 10.2. The first kappa shape index (κ1) is 14.1. The fourth-order valence-electron chi connectivity index (χ4n) is 0.262. The molecule has 0 spiro atoms. The fraction of sp³-hybridized carbons (Fsp3) is 0.800.